The van der Waals surface area contributed by atoms with Crippen molar-refractivity contribution in [2.45, 2.75) is 12.8 Å². The van der Waals surface area contributed by atoms with Gasteiger partial charge in [0.25, 0.3) is 11.8 Å². The number of piperazine rings is 1. The minimum atomic E-state index is -0.369. The Kier molecular flexibility index (Phi) is 7.62. The van der Waals surface area contributed by atoms with Crippen LogP contribution in [-0.4, -0.2) is 95.0 Å². The van der Waals surface area contributed by atoms with Crippen LogP contribution in [0.25, 0.3) is 27.7 Å². The first-order valence-corrected chi connectivity index (χ1v) is 15.6. The van der Waals surface area contributed by atoms with Gasteiger partial charge >= 0.3 is 0 Å². The van der Waals surface area contributed by atoms with Crippen molar-refractivity contribution in [3.05, 3.63) is 82.0 Å². The third-order valence-corrected chi connectivity index (χ3v) is 9.15. The number of imidazole rings is 1. The predicted molar refractivity (Wildman–Crippen MR) is 175 cm³/mol. The van der Waals surface area contributed by atoms with E-state index in [4.69, 9.17) is 9.72 Å². The lowest BCUT2D eigenvalue weighted by molar-refractivity contribution is 0.0746. The molecule has 232 valence electrons. The van der Waals surface area contributed by atoms with Crippen LogP contribution in [0.3, 0.4) is 0 Å². The molecule has 0 bridgehead atoms. The van der Waals surface area contributed by atoms with Gasteiger partial charge in [0.2, 0.25) is 5.43 Å². The summed E-state index contributed by atoms with van der Waals surface area (Å²) in [7, 11) is 3.48. The number of nitrogens with zero attached hydrogens (tertiary/aromatic N) is 6. The van der Waals surface area contributed by atoms with E-state index in [1.807, 2.05) is 51.2 Å². The summed E-state index contributed by atoms with van der Waals surface area (Å²) in [4.78, 5) is 52.1. The Morgan fingerprint density at radius 2 is 1.60 bits per heavy atom. The fourth-order valence-electron chi connectivity index (χ4n) is 6.69. The van der Waals surface area contributed by atoms with Crippen LogP contribution >= 0.6 is 0 Å². The van der Waals surface area contributed by atoms with Gasteiger partial charge in [-0.3, -0.25) is 18.8 Å². The van der Waals surface area contributed by atoms with Crippen LogP contribution in [0, 0.1) is 0 Å². The first kappa shape index (κ1) is 28.8. The number of nitrogens with one attached hydrogen (secondary N) is 1. The van der Waals surface area contributed by atoms with Gasteiger partial charge in [-0.2, -0.15) is 0 Å². The Morgan fingerprint density at radius 3 is 2.31 bits per heavy atom. The Morgan fingerprint density at radius 1 is 0.889 bits per heavy atom. The molecule has 11 nitrogen and oxygen atoms in total. The number of pyridine rings is 2. The number of rotatable bonds is 7. The van der Waals surface area contributed by atoms with Gasteiger partial charge in [-0.05, 0) is 74.5 Å². The number of fused-ring (bicyclic) bond motifs is 5. The van der Waals surface area contributed by atoms with E-state index in [0.29, 0.717) is 60.7 Å². The Labute approximate surface area is 260 Å². The number of aromatic nitrogens is 3. The molecule has 2 amide bonds. The maximum absolute atomic E-state index is 14.0. The first-order valence-electron chi connectivity index (χ1n) is 15.6. The molecule has 45 heavy (non-hydrogen) atoms. The lowest BCUT2D eigenvalue weighted by Crippen LogP contribution is -2.49. The van der Waals surface area contributed by atoms with Gasteiger partial charge in [0.15, 0.2) is 5.65 Å². The smallest absolute Gasteiger partial charge is 0.259 e. The van der Waals surface area contributed by atoms with E-state index in [2.05, 4.69) is 15.1 Å². The minimum absolute atomic E-state index is 0.0148. The van der Waals surface area contributed by atoms with E-state index in [1.165, 1.54) is 12.8 Å². The molecule has 2 fully saturated rings. The van der Waals surface area contributed by atoms with E-state index >= 15 is 0 Å². The van der Waals surface area contributed by atoms with Crippen molar-refractivity contribution in [1.82, 2.24) is 29.1 Å². The molecule has 2 aliphatic heterocycles. The Hall–Kier alpha value is -4.90. The number of anilines is 1. The molecule has 0 saturated carbocycles. The van der Waals surface area contributed by atoms with Crippen LogP contribution in [0.5, 0.6) is 5.75 Å². The van der Waals surface area contributed by atoms with Crippen LogP contribution in [0.4, 0.5) is 5.82 Å². The van der Waals surface area contributed by atoms with Gasteiger partial charge in [-0.25, -0.2) is 4.98 Å². The first-order chi connectivity index (χ1) is 21.9. The van der Waals surface area contributed by atoms with Crippen LogP contribution in [0.15, 0.2) is 65.5 Å². The van der Waals surface area contributed by atoms with Crippen molar-refractivity contribution in [2.24, 2.45) is 7.05 Å². The monoisotopic (exact) mass is 607 g/mol. The molecule has 11 heteroatoms. The van der Waals surface area contributed by atoms with Crippen LogP contribution < -0.4 is 20.4 Å². The molecule has 0 spiro atoms. The van der Waals surface area contributed by atoms with E-state index in [1.54, 1.807) is 37.4 Å². The number of para-hydroxylation sites is 2. The maximum atomic E-state index is 14.0. The summed E-state index contributed by atoms with van der Waals surface area (Å²) in [5, 5.41) is 3.41. The highest BCUT2D eigenvalue weighted by Gasteiger charge is 2.27. The summed E-state index contributed by atoms with van der Waals surface area (Å²) in [6.45, 7) is 5.64. The van der Waals surface area contributed by atoms with Crippen molar-refractivity contribution in [3.63, 3.8) is 0 Å². The number of aryl methyl sites for hydroxylation is 1. The number of ether oxygens (including phenoxy) is 1. The highest BCUT2D eigenvalue weighted by Crippen LogP contribution is 2.27. The number of likely N-dealkylation sites (tertiary alicyclic amines) is 1. The van der Waals surface area contributed by atoms with Crippen LogP contribution in [0.1, 0.15) is 33.6 Å². The van der Waals surface area contributed by atoms with E-state index in [9.17, 15) is 14.4 Å². The molecule has 5 heterocycles. The van der Waals surface area contributed by atoms with Gasteiger partial charge in [-0.15, -0.1) is 0 Å². The lowest BCUT2D eigenvalue weighted by atomic mass is 10.1. The molecule has 2 aliphatic rings. The summed E-state index contributed by atoms with van der Waals surface area (Å²) in [6, 6.07) is 18.6. The largest absolute Gasteiger partial charge is 0.497 e. The standard InChI is InChI=1S/C34H37N7O4/c1-37-26-7-3-4-8-27(26)41-31-25(30(42)29(33(37)41)32(43)35-15-18-38-16-5-6-17-38)13-14-28(36-31)39-19-21-40(22-20-39)34(44)23-9-11-24(45-2)12-10-23/h3-4,7-14H,5-6,15-22H2,1-2H3,(H,35,43). The van der Waals surface area contributed by atoms with Crippen LogP contribution in [-0.2, 0) is 7.05 Å². The van der Waals surface area contributed by atoms with E-state index in [0.717, 1.165) is 36.5 Å². The van der Waals surface area contributed by atoms with E-state index < -0.39 is 0 Å². The summed E-state index contributed by atoms with van der Waals surface area (Å²) in [5.74, 6) is 1.05. The molecule has 1 N–H and O–H groups in total. The Balaban J connectivity index is 1.21. The van der Waals surface area contributed by atoms with Crippen molar-refractivity contribution in [2.75, 3.05) is 64.4 Å². The summed E-state index contributed by atoms with van der Waals surface area (Å²) in [6.07, 6.45) is 2.37. The molecule has 0 unspecified atom stereocenters. The minimum Gasteiger partial charge on any atom is -0.497 e. The molecule has 2 aromatic carbocycles. The SMILES string of the molecule is COc1ccc(C(=O)N2CCN(c3ccc4c(=O)c(C(=O)NCCN5CCCC5)c5n(C)c6ccccc6n5c4n3)CC2)cc1. The lowest BCUT2D eigenvalue weighted by Gasteiger charge is -2.35. The summed E-state index contributed by atoms with van der Waals surface area (Å²) in [5.41, 5.74) is 3.22. The van der Waals surface area contributed by atoms with Gasteiger partial charge in [0.1, 0.15) is 22.8 Å². The molecular weight excluding hydrogens is 570 g/mol. The maximum Gasteiger partial charge on any atom is 0.259 e. The predicted octanol–water partition coefficient (Wildman–Crippen LogP) is 3.14. The average molecular weight is 608 g/mol. The van der Waals surface area contributed by atoms with E-state index in [-0.39, 0.29) is 22.8 Å². The second-order valence-electron chi connectivity index (χ2n) is 11.8. The summed E-state index contributed by atoms with van der Waals surface area (Å²) < 4.78 is 9.06. The summed E-state index contributed by atoms with van der Waals surface area (Å²) >= 11 is 0. The number of hydrogen-bond donors (Lipinski definition) is 1. The average Bonchev–Trinajstić information content (AvgIpc) is 3.71. The molecule has 7 rings (SSSR count). The third kappa shape index (κ3) is 5.16. The quantitative estimate of drug-likeness (QED) is 0.303. The second kappa shape index (κ2) is 11.9. The number of carbonyl (C=O) groups excluding carboxylic acids is 2. The number of benzene rings is 2. The highest BCUT2D eigenvalue weighted by atomic mass is 16.5. The molecule has 3 aromatic heterocycles. The van der Waals surface area contributed by atoms with Crippen molar-refractivity contribution >= 4 is 45.3 Å². The third-order valence-electron chi connectivity index (χ3n) is 9.15. The molecule has 5 aromatic rings. The number of amides is 2. The molecular formula is C34H37N7O4. The van der Waals surface area contributed by atoms with Gasteiger partial charge in [-0.1, -0.05) is 12.1 Å². The number of carbonyl (C=O) groups is 2. The number of methoxy groups -OCH3 is 1. The van der Waals surface area contributed by atoms with Crippen molar-refractivity contribution < 1.29 is 14.3 Å². The topological polar surface area (TPSA) is 104 Å². The van der Waals surface area contributed by atoms with Crippen molar-refractivity contribution in [3.8, 4) is 5.75 Å². The van der Waals surface area contributed by atoms with Crippen LogP contribution in [0.2, 0.25) is 0 Å². The van der Waals surface area contributed by atoms with Gasteiger partial charge in [0, 0.05) is 51.9 Å². The second-order valence-corrected chi connectivity index (χ2v) is 11.8. The molecule has 2 saturated heterocycles. The fourth-order valence-corrected chi connectivity index (χ4v) is 6.69. The molecule has 0 radical (unpaired) electrons. The molecule has 0 aliphatic carbocycles. The van der Waals surface area contributed by atoms with Gasteiger partial charge in [0.05, 0.1) is 23.5 Å². The van der Waals surface area contributed by atoms with Crippen molar-refractivity contribution in [1.29, 1.82) is 0 Å². The molecule has 0 atom stereocenters. The zero-order chi connectivity index (χ0) is 31.1. The van der Waals surface area contributed by atoms with Gasteiger partial charge < -0.3 is 29.3 Å². The zero-order valence-electron chi connectivity index (χ0n) is 25.7. The fraction of sp³-hybridized carbons (Fsp3) is 0.353. The highest BCUT2D eigenvalue weighted by molar-refractivity contribution is 6.06. The normalized spacial score (nSPS) is 15.8. The zero-order valence-corrected chi connectivity index (χ0v) is 25.7. The number of hydrogen-bond acceptors (Lipinski definition) is 7. The Bertz CT molecular complexity index is 1970.